The van der Waals surface area contributed by atoms with E-state index in [4.69, 9.17) is 15.0 Å². The van der Waals surface area contributed by atoms with Gasteiger partial charge in [-0.3, -0.25) is 4.57 Å². The van der Waals surface area contributed by atoms with Crippen LogP contribution in [0.1, 0.15) is 49.9 Å². The van der Waals surface area contributed by atoms with E-state index in [1.165, 1.54) is 49.9 Å². The summed E-state index contributed by atoms with van der Waals surface area (Å²) in [6.45, 7) is 9.28. The molecule has 2 aliphatic rings. The third-order valence-electron chi connectivity index (χ3n) is 11.4. The molecule has 0 saturated heterocycles. The molecular weight excluding hydrogens is 615 g/mol. The molecule has 0 N–H and O–H groups in total. The molecular formula is C43H31N7. The molecule has 0 spiro atoms. The zero-order chi connectivity index (χ0) is 33.5. The Labute approximate surface area is 288 Å². The van der Waals surface area contributed by atoms with E-state index in [0.29, 0.717) is 0 Å². The van der Waals surface area contributed by atoms with Gasteiger partial charge in [-0.25, -0.2) is 24.9 Å². The third kappa shape index (κ3) is 3.27. The minimum atomic E-state index is -0.179. The molecule has 9 aromatic rings. The number of benzene rings is 4. The van der Waals surface area contributed by atoms with E-state index in [-0.39, 0.29) is 10.8 Å². The zero-order valence-electron chi connectivity index (χ0n) is 28.1. The first kappa shape index (κ1) is 27.7. The van der Waals surface area contributed by atoms with Gasteiger partial charge in [0.2, 0.25) is 0 Å². The number of hydrogen-bond acceptors (Lipinski definition) is 5. The molecule has 0 bridgehead atoms. The van der Waals surface area contributed by atoms with Gasteiger partial charge in [0.1, 0.15) is 29.5 Å². The standard InChI is InChI=1S/C43H31N7/c1-42(2)29-11-7-5-9-25(29)27-14-16-31-36(38(27)42)40-33(20-44-22-47-40)49(31)24-13-18-35(46-19-24)50-32-17-15-28-26-10-6-8-12-30(26)43(3,4)39(28)37(32)41-34(50)21-45-23-48-41/h5-23H,1-4H3. The van der Waals surface area contributed by atoms with E-state index in [2.05, 4.69) is 132 Å². The van der Waals surface area contributed by atoms with Crippen LogP contribution in [0.2, 0.25) is 0 Å². The molecule has 2 aliphatic carbocycles. The highest BCUT2D eigenvalue weighted by atomic mass is 15.1. The summed E-state index contributed by atoms with van der Waals surface area (Å²) in [5, 5.41) is 2.33. The Morgan fingerprint density at radius 2 is 0.980 bits per heavy atom. The number of hydrogen-bond donors (Lipinski definition) is 0. The van der Waals surface area contributed by atoms with Gasteiger partial charge in [0.15, 0.2) is 0 Å². The fourth-order valence-corrected chi connectivity index (χ4v) is 9.36. The highest BCUT2D eigenvalue weighted by Crippen LogP contribution is 2.54. The van der Waals surface area contributed by atoms with Crippen LogP contribution in [-0.4, -0.2) is 34.1 Å². The first-order chi connectivity index (χ1) is 24.4. The molecule has 0 fully saturated rings. The van der Waals surface area contributed by atoms with Crippen molar-refractivity contribution in [1.82, 2.24) is 34.1 Å². The highest BCUT2D eigenvalue weighted by Gasteiger charge is 2.39. The van der Waals surface area contributed by atoms with Crippen LogP contribution in [0.25, 0.3) is 77.6 Å². The van der Waals surface area contributed by atoms with Crippen LogP contribution in [0, 0.1) is 0 Å². The van der Waals surface area contributed by atoms with Crippen molar-refractivity contribution >= 4 is 43.9 Å². The monoisotopic (exact) mass is 645 g/mol. The molecule has 50 heavy (non-hydrogen) atoms. The van der Waals surface area contributed by atoms with E-state index in [1.807, 2.05) is 18.6 Å². The second-order valence-electron chi connectivity index (χ2n) is 14.7. The predicted octanol–water partition coefficient (Wildman–Crippen LogP) is 9.47. The topological polar surface area (TPSA) is 74.3 Å². The summed E-state index contributed by atoms with van der Waals surface area (Å²) < 4.78 is 4.46. The van der Waals surface area contributed by atoms with Gasteiger partial charge in [0.05, 0.1) is 46.3 Å². The lowest BCUT2D eigenvalue weighted by Gasteiger charge is -2.22. The Kier molecular flexibility index (Phi) is 5.14. The van der Waals surface area contributed by atoms with Crippen molar-refractivity contribution in [2.24, 2.45) is 0 Å². The van der Waals surface area contributed by atoms with Crippen molar-refractivity contribution < 1.29 is 0 Å². The zero-order valence-corrected chi connectivity index (χ0v) is 28.1. The molecule has 0 aliphatic heterocycles. The first-order valence-corrected chi connectivity index (χ1v) is 17.1. The predicted molar refractivity (Wildman–Crippen MR) is 199 cm³/mol. The Balaban J connectivity index is 1.12. The quantitative estimate of drug-likeness (QED) is 0.187. The Bertz CT molecular complexity index is 2730. The van der Waals surface area contributed by atoms with Crippen molar-refractivity contribution in [2.75, 3.05) is 0 Å². The lowest BCUT2D eigenvalue weighted by molar-refractivity contribution is 0.666. The second-order valence-corrected chi connectivity index (χ2v) is 14.7. The SMILES string of the molecule is CC1(C)c2ccccc2-c2ccc3c(c21)c1ncncc1n3-c1ccc(-n2c3cncnc3c3c4c(ccc32)-c2ccccc2C4(C)C)nc1. The average molecular weight is 646 g/mol. The number of pyridine rings is 1. The van der Waals surface area contributed by atoms with Crippen molar-refractivity contribution in [3.63, 3.8) is 0 Å². The van der Waals surface area contributed by atoms with Gasteiger partial charge in [-0.2, -0.15) is 0 Å². The Morgan fingerprint density at radius 1 is 0.460 bits per heavy atom. The van der Waals surface area contributed by atoms with Gasteiger partial charge >= 0.3 is 0 Å². The summed E-state index contributed by atoms with van der Waals surface area (Å²) in [6.07, 6.45) is 9.09. The van der Waals surface area contributed by atoms with E-state index < -0.39 is 0 Å². The second kappa shape index (κ2) is 9.27. The molecule has 5 heterocycles. The van der Waals surface area contributed by atoms with Crippen LogP contribution in [-0.2, 0) is 10.8 Å². The van der Waals surface area contributed by atoms with E-state index in [0.717, 1.165) is 50.0 Å². The van der Waals surface area contributed by atoms with Crippen LogP contribution in [0.15, 0.2) is 116 Å². The Hall–Kier alpha value is -6.21. The number of rotatable bonds is 2. The summed E-state index contributed by atoms with van der Waals surface area (Å²) in [4.78, 5) is 23.8. The van der Waals surface area contributed by atoms with Gasteiger partial charge in [-0.05, 0) is 68.8 Å². The molecule has 0 amide bonds. The van der Waals surface area contributed by atoms with Gasteiger partial charge < -0.3 is 4.57 Å². The minimum absolute atomic E-state index is 0.174. The molecule has 11 rings (SSSR count). The largest absolute Gasteiger partial charge is 0.305 e. The van der Waals surface area contributed by atoms with Crippen LogP contribution in [0.5, 0.6) is 0 Å². The third-order valence-corrected chi connectivity index (χ3v) is 11.4. The lowest BCUT2D eigenvalue weighted by Crippen LogP contribution is -2.15. The number of fused-ring (bicyclic) bond motifs is 14. The van der Waals surface area contributed by atoms with Crippen molar-refractivity contribution in [3.8, 4) is 33.8 Å². The molecule has 238 valence electrons. The molecule has 7 nitrogen and oxygen atoms in total. The average Bonchev–Trinajstić information content (AvgIpc) is 3.81. The molecule has 7 heteroatoms. The molecule has 0 saturated carbocycles. The van der Waals surface area contributed by atoms with Gasteiger partial charge in [0.25, 0.3) is 0 Å². The maximum absolute atomic E-state index is 5.14. The maximum atomic E-state index is 5.14. The van der Waals surface area contributed by atoms with Crippen LogP contribution < -0.4 is 0 Å². The number of aromatic nitrogens is 7. The van der Waals surface area contributed by atoms with Gasteiger partial charge in [-0.15, -0.1) is 0 Å². The first-order valence-electron chi connectivity index (χ1n) is 17.1. The van der Waals surface area contributed by atoms with Crippen LogP contribution in [0.4, 0.5) is 0 Å². The van der Waals surface area contributed by atoms with Gasteiger partial charge in [0, 0.05) is 21.6 Å². The summed E-state index contributed by atoms with van der Waals surface area (Å²) in [5.74, 6) is 0.811. The summed E-state index contributed by atoms with van der Waals surface area (Å²) >= 11 is 0. The smallest absolute Gasteiger partial charge is 0.137 e. The molecule has 4 aromatic carbocycles. The fraction of sp³-hybridized carbons (Fsp3) is 0.140. The maximum Gasteiger partial charge on any atom is 0.137 e. The van der Waals surface area contributed by atoms with Crippen molar-refractivity contribution in [3.05, 3.63) is 138 Å². The minimum Gasteiger partial charge on any atom is -0.305 e. The van der Waals surface area contributed by atoms with E-state index >= 15 is 0 Å². The molecule has 0 radical (unpaired) electrons. The Morgan fingerprint density at radius 3 is 1.52 bits per heavy atom. The molecule has 5 aromatic heterocycles. The lowest BCUT2D eigenvalue weighted by atomic mass is 9.81. The molecule has 0 unspecified atom stereocenters. The summed E-state index contributed by atoms with van der Waals surface area (Å²) in [5.41, 5.74) is 17.0. The van der Waals surface area contributed by atoms with Crippen LogP contribution in [0.3, 0.4) is 0 Å². The normalized spacial score (nSPS) is 15.1. The van der Waals surface area contributed by atoms with Crippen molar-refractivity contribution in [1.29, 1.82) is 0 Å². The van der Waals surface area contributed by atoms with Crippen LogP contribution >= 0.6 is 0 Å². The van der Waals surface area contributed by atoms with E-state index in [1.54, 1.807) is 12.7 Å². The van der Waals surface area contributed by atoms with E-state index in [9.17, 15) is 0 Å². The number of nitrogens with zero attached hydrogens (tertiary/aromatic N) is 7. The molecule has 0 atom stereocenters. The fourth-order valence-electron chi connectivity index (χ4n) is 9.36. The summed E-state index contributed by atoms with van der Waals surface area (Å²) in [6, 6.07) is 30.7. The summed E-state index contributed by atoms with van der Waals surface area (Å²) in [7, 11) is 0. The highest BCUT2D eigenvalue weighted by molar-refractivity contribution is 6.13. The van der Waals surface area contributed by atoms with Gasteiger partial charge in [-0.1, -0.05) is 88.4 Å². The van der Waals surface area contributed by atoms with Crippen molar-refractivity contribution in [2.45, 2.75) is 38.5 Å².